The van der Waals surface area contributed by atoms with Crippen molar-refractivity contribution in [2.24, 2.45) is 0 Å². The maximum Gasteiger partial charge on any atom is 0.120 e. The van der Waals surface area contributed by atoms with E-state index in [9.17, 15) is 5.11 Å². The zero-order valence-corrected chi connectivity index (χ0v) is 19.4. The molecule has 4 nitrogen and oxygen atoms in total. The fourth-order valence-electron chi connectivity index (χ4n) is 3.92. The Morgan fingerprint density at radius 2 is 1.73 bits per heavy atom. The zero-order valence-electron chi connectivity index (χ0n) is 17.0. The number of hydrogen-bond acceptors (Lipinski definition) is 4. The average molecular weight is 490 g/mol. The molecule has 0 bridgehead atoms. The van der Waals surface area contributed by atoms with Crippen LogP contribution in [0.15, 0.2) is 59.1 Å². The molecule has 1 saturated heterocycles. The monoisotopic (exact) mass is 488 g/mol. The highest BCUT2D eigenvalue weighted by Gasteiger charge is 2.21. The number of piperazine rings is 1. The van der Waals surface area contributed by atoms with Gasteiger partial charge in [0.1, 0.15) is 18.5 Å². The first-order valence-corrected chi connectivity index (χ1v) is 11.4. The Labute approximate surface area is 191 Å². The topological polar surface area (TPSA) is 35.9 Å². The third-order valence-corrected chi connectivity index (χ3v) is 6.30. The molecule has 0 aromatic heterocycles. The van der Waals surface area contributed by atoms with E-state index in [1.54, 1.807) is 0 Å². The van der Waals surface area contributed by atoms with E-state index in [0.717, 1.165) is 52.2 Å². The molecule has 1 aliphatic rings. The second-order valence-electron chi connectivity index (χ2n) is 7.84. The summed E-state index contributed by atoms with van der Waals surface area (Å²) in [5.41, 5.74) is 2.44. The number of aryl methyl sites for hydroxylation is 1. The number of fused-ring (bicyclic) bond motifs is 1. The van der Waals surface area contributed by atoms with E-state index in [2.05, 4.69) is 50.9 Å². The van der Waals surface area contributed by atoms with Gasteiger partial charge in [-0.15, -0.1) is 0 Å². The first-order valence-electron chi connectivity index (χ1n) is 10.2. The van der Waals surface area contributed by atoms with E-state index in [0.29, 0.717) is 6.54 Å². The number of β-amino-alcohol motifs (C(OH)–C–C–N with tert-alkyl or cyclic N) is 1. The van der Waals surface area contributed by atoms with Crippen LogP contribution in [0, 0.1) is 6.92 Å². The molecule has 1 N–H and O–H groups in total. The van der Waals surface area contributed by atoms with Crippen LogP contribution in [0.1, 0.15) is 5.56 Å². The number of nitrogens with zero attached hydrogens (tertiary/aromatic N) is 2. The standard InChI is InChI=1S/C24H26BrClN2O2/c1-17-2-6-21(26)14-24(17)28-10-8-27(9-11-28)15-22(29)16-30-23-7-4-18-12-20(25)5-3-19(18)13-23/h2-7,12-14,22,29H,8-11,15-16H2,1H3/t22-/m1/s1. The van der Waals surface area contributed by atoms with Crippen LogP contribution in [0.25, 0.3) is 10.8 Å². The summed E-state index contributed by atoms with van der Waals surface area (Å²) >= 11 is 9.67. The minimum absolute atomic E-state index is 0.287. The first-order chi connectivity index (χ1) is 14.5. The van der Waals surface area contributed by atoms with Gasteiger partial charge < -0.3 is 14.7 Å². The largest absolute Gasteiger partial charge is 0.491 e. The van der Waals surface area contributed by atoms with Crippen molar-refractivity contribution in [1.82, 2.24) is 4.90 Å². The third-order valence-electron chi connectivity index (χ3n) is 5.57. The van der Waals surface area contributed by atoms with Crippen LogP contribution in [0.2, 0.25) is 5.02 Å². The number of halogens is 2. The van der Waals surface area contributed by atoms with Gasteiger partial charge in [0.15, 0.2) is 0 Å². The lowest BCUT2D eigenvalue weighted by molar-refractivity contribution is 0.0663. The number of hydrogen-bond donors (Lipinski definition) is 1. The van der Waals surface area contributed by atoms with Crippen LogP contribution in [0.4, 0.5) is 5.69 Å². The number of anilines is 1. The van der Waals surface area contributed by atoms with Gasteiger partial charge in [-0.2, -0.15) is 0 Å². The van der Waals surface area contributed by atoms with Crippen LogP contribution in [0.5, 0.6) is 5.75 Å². The van der Waals surface area contributed by atoms with Gasteiger partial charge >= 0.3 is 0 Å². The minimum Gasteiger partial charge on any atom is -0.491 e. The predicted octanol–water partition coefficient (Wildman–Crippen LogP) is 5.13. The van der Waals surface area contributed by atoms with Gasteiger partial charge in [-0.1, -0.05) is 45.7 Å². The molecule has 1 fully saturated rings. The number of rotatable bonds is 6. The van der Waals surface area contributed by atoms with Crippen molar-refractivity contribution in [3.63, 3.8) is 0 Å². The summed E-state index contributed by atoms with van der Waals surface area (Å²) in [7, 11) is 0. The van der Waals surface area contributed by atoms with Gasteiger partial charge in [0.2, 0.25) is 0 Å². The molecule has 0 aliphatic carbocycles. The molecule has 1 heterocycles. The van der Waals surface area contributed by atoms with E-state index in [1.807, 2.05) is 36.4 Å². The molecule has 0 radical (unpaired) electrons. The van der Waals surface area contributed by atoms with Crippen LogP contribution in [0.3, 0.4) is 0 Å². The number of aliphatic hydroxyl groups excluding tert-OH is 1. The molecule has 1 atom stereocenters. The van der Waals surface area contributed by atoms with Crippen LogP contribution in [-0.2, 0) is 0 Å². The third kappa shape index (κ3) is 5.27. The van der Waals surface area contributed by atoms with Crippen molar-refractivity contribution in [1.29, 1.82) is 0 Å². The van der Waals surface area contributed by atoms with Gasteiger partial charge in [0.05, 0.1) is 0 Å². The lowest BCUT2D eigenvalue weighted by Gasteiger charge is -2.37. The van der Waals surface area contributed by atoms with Gasteiger partial charge in [0, 0.05) is 47.9 Å². The molecule has 1 aliphatic heterocycles. The quantitative estimate of drug-likeness (QED) is 0.521. The van der Waals surface area contributed by atoms with E-state index >= 15 is 0 Å². The van der Waals surface area contributed by atoms with Crippen LogP contribution < -0.4 is 9.64 Å². The van der Waals surface area contributed by atoms with Gasteiger partial charge in [-0.05, 0) is 59.7 Å². The second kappa shape index (κ2) is 9.56. The molecule has 6 heteroatoms. The first kappa shape index (κ1) is 21.4. The molecule has 0 saturated carbocycles. The summed E-state index contributed by atoms with van der Waals surface area (Å²) < 4.78 is 6.91. The molecule has 4 rings (SSSR count). The summed E-state index contributed by atoms with van der Waals surface area (Å²) in [4.78, 5) is 4.66. The Kier molecular flexibility index (Phi) is 6.84. The fraction of sp³-hybridized carbons (Fsp3) is 0.333. The molecular weight excluding hydrogens is 464 g/mol. The summed E-state index contributed by atoms with van der Waals surface area (Å²) in [6, 6.07) is 18.2. The Morgan fingerprint density at radius 3 is 2.53 bits per heavy atom. The lowest BCUT2D eigenvalue weighted by Crippen LogP contribution is -2.49. The molecule has 0 unspecified atom stereocenters. The Balaban J connectivity index is 1.26. The van der Waals surface area contributed by atoms with Crippen molar-refractivity contribution in [2.45, 2.75) is 13.0 Å². The van der Waals surface area contributed by atoms with Crippen molar-refractivity contribution >= 4 is 44.0 Å². The molecule has 30 heavy (non-hydrogen) atoms. The van der Waals surface area contributed by atoms with Crippen LogP contribution >= 0.6 is 27.5 Å². The van der Waals surface area contributed by atoms with Crippen molar-refractivity contribution in [3.8, 4) is 5.75 Å². The maximum absolute atomic E-state index is 10.5. The van der Waals surface area contributed by atoms with Crippen molar-refractivity contribution in [3.05, 3.63) is 69.7 Å². The van der Waals surface area contributed by atoms with Gasteiger partial charge in [-0.25, -0.2) is 0 Å². The summed E-state index contributed by atoms with van der Waals surface area (Å²) in [5, 5.41) is 13.5. The molecule has 0 spiro atoms. The molecule has 3 aromatic carbocycles. The zero-order chi connectivity index (χ0) is 21.1. The van der Waals surface area contributed by atoms with E-state index in [4.69, 9.17) is 16.3 Å². The van der Waals surface area contributed by atoms with Crippen molar-refractivity contribution in [2.75, 3.05) is 44.2 Å². The highest BCUT2D eigenvalue weighted by atomic mass is 79.9. The summed E-state index contributed by atoms with van der Waals surface area (Å²) in [6.07, 6.45) is -0.523. The normalized spacial score (nSPS) is 16.1. The number of benzene rings is 3. The Hall–Kier alpha value is -1.79. The summed E-state index contributed by atoms with van der Waals surface area (Å²) in [5.74, 6) is 0.783. The highest BCUT2D eigenvalue weighted by molar-refractivity contribution is 9.10. The molecular formula is C24H26BrClN2O2. The van der Waals surface area contributed by atoms with Gasteiger partial charge in [-0.3, -0.25) is 4.90 Å². The average Bonchev–Trinajstić information content (AvgIpc) is 2.74. The SMILES string of the molecule is Cc1ccc(Cl)cc1N1CCN(C[C@@H](O)COc2ccc3cc(Br)ccc3c2)CC1. The summed E-state index contributed by atoms with van der Waals surface area (Å²) in [6.45, 7) is 6.69. The van der Waals surface area contributed by atoms with Crippen molar-refractivity contribution < 1.29 is 9.84 Å². The second-order valence-corrected chi connectivity index (χ2v) is 9.19. The maximum atomic E-state index is 10.5. The van der Waals surface area contributed by atoms with Crippen LogP contribution in [-0.4, -0.2) is 55.4 Å². The molecule has 3 aromatic rings. The predicted molar refractivity (Wildman–Crippen MR) is 128 cm³/mol. The van der Waals surface area contributed by atoms with E-state index in [1.165, 1.54) is 11.3 Å². The molecule has 0 amide bonds. The van der Waals surface area contributed by atoms with Gasteiger partial charge in [0.25, 0.3) is 0 Å². The van der Waals surface area contributed by atoms with E-state index < -0.39 is 6.10 Å². The number of ether oxygens (including phenoxy) is 1. The smallest absolute Gasteiger partial charge is 0.120 e. The number of aliphatic hydroxyl groups is 1. The minimum atomic E-state index is -0.523. The fourth-order valence-corrected chi connectivity index (χ4v) is 4.47. The lowest BCUT2D eigenvalue weighted by atomic mass is 10.1. The Bertz CT molecular complexity index is 1020. The Morgan fingerprint density at radius 1 is 1.00 bits per heavy atom. The highest BCUT2D eigenvalue weighted by Crippen LogP contribution is 2.26. The van der Waals surface area contributed by atoms with E-state index in [-0.39, 0.29) is 6.61 Å². The molecule has 158 valence electrons.